The monoisotopic (exact) mass is 238 g/mol. The van der Waals surface area contributed by atoms with Crippen molar-refractivity contribution in [1.82, 2.24) is 10.2 Å². The first-order chi connectivity index (χ1) is 7.75. The molecule has 2 saturated heterocycles. The van der Waals surface area contributed by atoms with Crippen LogP contribution in [0.2, 0.25) is 0 Å². The van der Waals surface area contributed by atoms with Crippen LogP contribution in [0.5, 0.6) is 0 Å². The van der Waals surface area contributed by atoms with E-state index in [0.29, 0.717) is 0 Å². The first kappa shape index (κ1) is 14.6. The van der Waals surface area contributed by atoms with Crippen molar-refractivity contribution in [2.45, 2.75) is 46.5 Å². The number of nitrogens with one attached hydrogen (secondary N) is 1. The molecule has 0 spiro atoms. The molecule has 0 aromatic heterocycles. The fourth-order valence-corrected chi connectivity index (χ4v) is 2.87. The molecule has 100 valence electrons. The largest absolute Gasteiger partial charge is 0.375 e. The summed E-state index contributed by atoms with van der Waals surface area (Å²) in [6.45, 7) is 11.6. The van der Waals surface area contributed by atoms with Crippen LogP contribution in [-0.2, 0) is 0 Å². The van der Waals surface area contributed by atoms with E-state index >= 15 is 0 Å². The molecular weight excluding hydrogens is 208 g/mol. The summed E-state index contributed by atoms with van der Waals surface area (Å²) in [5.74, 6) is 1.80. The van der Waals surface area contributed by atoms with Crippen molar-refractivity contribution in [2.75, 3.05) is 26.2 Å². The quantitative estimate of drug-likeness (QED) is 0.812. The van der Waals surface area contributed by atoms with E-state index in [-0.39, 0.29) is 7.43 Å². The maximum atomic E-state index is 4.30. The van der Waals surface area contributed by atoms with Crippen molar-refractivity contribution in [1.29, 1.82) is 0 Å². The minimum atomic E-state index is 0. The summed E-state index contributed by atoms with van der Waals surface area (Å²) in [6.07, 6.45) is 6.61. The standard InChI is InChI=1S/C14H26N2.CH4/c1-12-5-9-16(10-6-12)13(2)11-14-3-7-15-8-4-14;/h12,14-15H,2-11H2,1H3;1H4. The van der Waals surface area contributed by atoms with E-state index in [1.807, 2.05) is 0 Å². The van der Waals surface area contributed by atoms with E-state index in [9.17, 15) is 0 Å². The normalized spacial score (nSPS) is 23.2. The summed E-state index contributed by atoms with van der Waals surface area (Å²) >= 11 is 0. The Hall–Kier alpha value is -0.500. The first-order valence-electron chi connectivity index (χ1n) is 6.89. The average molecular weight is 238 g/mol. The Morgan fingerprint density at radius 3 is 2.35 bits per heavy atom. The van der Waals surface area contributed by atoms with E-state index in [4.69, 9.17) is 0 Å². The molecule has 0 radical (unpaired) electrons. The van der Waals surface area contributed by atoms with Gasteiger partial charge in [0.2, 0.25) is 0 Å². The van der Waals surface area contributed by atoms with Gasteiger partial charge in [-0.05, 0) is 57.0 Å². The predicted molar refractivity (Wildman–Crippen MR) is 76.1 cm³/mol. The molecule has 2 nitrogen and oxygen atoms in total. The SMILES string of the molecule is C.C=C(CC1CCNCC1)N1CCC(C)CC1. The second-order valence-corrected chi connectivity index (χ2v) is 5.63. The van der Waals surface area contributed by atoms with Gasteiger partial charge in [0.15, 0.2) is 0 Å². The molecular formula is C15H30N2. The molecule has 2 fully saturated rings. The Bertz CT molecular complexity index is 223. The van der Waals surface area contributed by atoms with Gasteiger partial charge in [-0.2, -0.15) is 0 Å². The molecule has 0 amide bonds. The third-order valence-electron chi connectivity index (χ3n) is 4.21. The summed E-state index contributed by atoms with van der Waals surface area (Å²) in [7, 11) is 0. The van der Waals surface area contributed by atoms with Crippen molar-refractivity contribution in [3.63, 3.8) is 0 Å². The molecule has 2 aliphatic heterocycles. The van der Waals surface area contributed by atoms with Crippen LogP contribution >= 0.6 is 0 Å². The fourth-order valence-electron chi connectivity index (χ4n) is 2.87. The Morgan fingerprint density at radius 1 is 1.18 bits per heavy atom. The number of allylic oxidation sites excluding steroid dienone is 1. The van der Waals surface area contributed by atoms with E-state index in [0.717, 1.165) is 11.8 Å². The maximum absolute atomic E-state index is 4.30. The number of hydrogen-bond donors (Lipinski definition) is 1. The molecule has 0 aliphatic carbocycles. The number of nitrogens with zero attached hydrogens (tertiary/aromatic N) is 1. The Labute approximate surface area is 107 Å². The van der Waals surface area contributed by atoms with Crippen molar-refractivity contribution in [2.24, 2.45) is 11.8 Å². The lowest BCUT2D eigenvalue weighted by atomic mass is 9.92. The predicted octanol–water partition coefficient (Wildman–Crippen LogP) is 3.26. The van der Waals surface area contributed by atoms with E-state index in [1.54, 1.807) is 0 Å². The van der Waals surface area contributed by atoms with Gasteiger partial charge in [-0.15, -0.1) is 0 Å². The summed E-state index contributed by atoms with van der Waals surface area (Å²) < 4.78 is 0. The minimum Gasteiger partial charge on any atom is -0.375 e. The molecule has 0 unspecified atom stereocenters. The molecule has 1 N–H and O–H groups in total. The van der Waals surface area contributed by atoms with Gasteiger partial charge in [0.05, 0.1) is 0 Å². The molecule has 0 aromatic rings. The molecule has 2 heterocycles. The summed E-state index contributed by atoms with van der Waals surface area (Å²) in [4.78, 5) is 2.53. The van der Waals surface area contributed by atoms with E-state index in [1.165, 1.54) is 64.0 Å². The van der Waals surface area contributed by atoms with Gasteiger partial charge >= 0.3 is 0 Å². The van der Waals surface area contributed by atoms with Crippen molar-refractivity contribution < 1.29 is 0 Å². The van der Waals surface area contributed by atoms with Crippen molar-refractivity contribution in [3.05, 3.63) is 12.3 Å². The molecule has 2 aliphatic rings. The summed E-state index contributed by atoms with van der Waals surface area (Å²) in [5, 5.41) is 3.43. The highest BCUT2D eigenvalue weighted by Gasteiger charge is 2.20. The molecule has 17 heavy (non-hydrogen) atoms. The second-order valence-electron chi connectivity index (χ2n) is 5.63. The third kappa shape index (κ3) is 4.34. The summed E-state index contributed by atoms with van der Waals surface area (Å²) in [5.41, 5.74) is 1.40. The van der Waals surface area contributed by atoms with Gasteiger partial charge in [-0.25, -0.2) is 0 Å². The zero-order valence-corrected chi connectivity index (χ0v) is 10.7. The van der Waals surface area contributed by atoms with Gasteiger partial charge in [-0.3, -0.25) is 0 Å². The lowest BCUT2D eigenvalue weighted by Crippen LogP contribution is -2.34. The fraction of sp³-hybridized carbons (Fsp3) is 0.867. The van der Waals surface area contributed by atoms with Crippen LogP contribution in [-0.4, -0.2) is 31.1 Å². The maximum Gasteiger partial charge on any atom is 0.0177 e. The molecule has 0 bridgehead atoms. The van der Waals surface area contributed by atoms with Gasteiger partial charge in [0, 0.05) is 18.8 Å². The van der Waals surface area contributed by atoms with Gasteiger partial charge in [0.1, 0.15) is 0 Å². The topological polar surface area (TPSA) is 15.3 Å². The Kier molecular flexibility index (Phi) is 6.04. The highest BCUT2D eigenvalue weighted by atomic mass is 15.1. The molecule has 2 rings (SSSR count). The van der Waals surface area contributed by atoms with Gasteiger partial charge < -0.3 is 10.2 Å². The number of piperidine rings is 2. The van der Waals surface area contributed by atoms with E-state index in [2.05, 4.69) is 23.7 Å². The zero-order chi connectivity index (χ0) is 11.4. The van der Waals surface area contributed by atoms with Crippen molar-refractivity contribution in [3.8, 4) is 0 Å². The van der Waals surface area contributed by atoms with Crippen LogP contribution in [0.4, 0.5) is 0 Å². The number of likely N-dealkylation sites (tertiary alicyclic amines) is 1. The van der Waals surface area contributed by atoms with Gasteiger partial charge in [-0.1, -0.05) is 20.9 Å². The Morgan fingerprint density at radius 2 is 1.76 bits per heavy atom. The third-order valence-corrected chi connectivity index (χ3v) is 4.21. The highest BCUT2D eigenvalue weighted by Crippen LogP contribution is 2.25. The smallest absolute Gasteiger partial charge is 0.0177 e. The lowest BCUT2D eigenvalue weighted by molar-refractivity contribution is 0.219. The van der Waals surface area contributed by atoms with Crippen molar-refractivity contribution >= 4 is 0 Å². The lowest BCUT2D eigenvalue weighted by Gasteiger charge is -2.35. The van der Waals surface area contributed by atoms with Crippen LogP contribution in [0.15, 0.2) is 12.3 Å². The second kappa shape index (κ2) is 7.05. The number of hydrogen-bond acceptors (Lipinski definition) is 2. The van der Waals surface area contributed by atoms with E-state index < -0.39 is 0 Å². The van der Waals surface area contributed by atoms with Crippen LogP contribution in [0, 0.1) is 11.8 Å². The van der Waals surface area contributed by atoms with Crippen LogP contribution in [0.1, 0.15) is 46.5 Å². The first-order valence-corrected chi connectivity index (χ1v) is 6.89. The van der Waals surface area contributed by atoms with Crippen LogP contribution < -0.4 is 5.32 Å². The van der Waals surface area contributed by atoms with Crippen LogP contribution in [0.25, 0.3) is 0 Å². The number of rotatable bonds is 3. The Balaban J connectivity index is 0.00000144. The highest BCUT2D eigenvalue weighted by molar-refractivity contribution is 4.97. The molecule has 0 saturated carbocycles. The minimum absolute atomic E-state index is 0. The molecule has 2 heteroatoms. The average Bonchev–Trinajstić information content (AvgIpc) is 2.31. The van der Waals surface area contributed by atoms with Crippen LogP contribution in [0.3, 0.4) is 0 Å². The molecule has 0 aromatic carbocycles. The molecule has 0 atom stereocenters. The summed E-state index contributed by atoms with van der Waals surface area (Å²) in [6, 6.07) is 0. The van der Waals surface area contributed by atoms with Gasteiger partial charge in [0.25, 0.3) is 0 Å². The zero-order valence-electron chi connectivity index (χ0n) is 10.7.